The second-order valence-corrected chi connectivity index (χ2v) is 5.95. The zero-order chi connectivity index (χ0) is 15.5. The summed E-state index contributed by atoms with van der Waals surface area (Å²) in [4.78, 5) is 12.2. The molecule has 0 bridgehead atoms. The summed E-state index contributed by atoms with van der Waals surface area (Å²) < 4.78 is 37.6. The fraction of sp³-hybridized carbons (Fsp3) is 0.615. The van der Waals surface area contributed by atoms with Crippen molar-refractivity contribution in [3.63, 3.8) is 0 Å². The molecule has 2 rings (SSSR count). The maximum Gasteiger partial charge on any atom is 0.389 e. The zero-order valence-electron chi connectivity index (χ0n) is 11.6. The molecule has 1 heterocycles. The second-order valence-electron chi connectivity index (χ2n) is 4.88. The van der Waals surface area contributed by atoms with Gasteiger partial charge in [-0.15, -0.1) is 10.2 Å². The molecule has 0 aromatic carbocycles. The summed E-state index contributed by atoms with van der Waals surface area (Å²) in [6.45, 7) is 0. The van der Waals surface area contributed by atoms with Crippen LogP contribution in [0.5, 0.6) is 0 Å². The van der Waals surface area contributed by atoms with Gasteiger partial charge in [0.1, 0.15) is 0 Å². The Bertz CT molecular complexity index is 595. The average molecular weight is 319 g/mol. The smallest absolute Gasteiger partial charge is 0.287 e. The Hall–Kier alpha value is -1.31. The summed E-state index contributed by atoms with van der Waals surface area (Å²) in [5.74, 6) is -0.173. The molecule has 0 spiro atoms. The van der Waals surface area contributed by atoms with Gasteiger partial charge in [0, 0.05) is 12.8 Å². The number of rotatable bonds is 4. The first kappa shape index (κ1) is 16.1. The van der Waals surface area contributed by atoms with Crippen molar-refractivity contribution in [2.24, 2.45) is 7.05 Å². The van der Waals surface area contributed by atoms with Crippen molar-refractivity contribution in [3.8, 4) is 0 Å². The Kier molecular flexibility index (Phi) is 5.08. The lowest BCUT2D eigenvalue weighted by atomic mass is 9.97. The Balaban J connectivity index is 2.14. The van der Waals surface area contributed by atoms with Gasteiger partial charge in [-0.3, -0.25) is 9.36 Å². The number of hydrogen-bond acceptors (Lipinski definition) is 4. The van der Waals surface area contributed by atoms with Crippen LogP contribution < -0.4 is 5.56 Å². The van der Waals surface area contributed by atoms with Crippen LogP contribution in [-0.4, -0.2) is 26.7 Å². The summed E-state index contributed by atoms with van der Waals surface area (Å²) in [6, 6.07) is 0. The molecule has 4 nitrogen and oxygen atoms in total. The molecule has 8 heteroatoms. The molecule has 0 unspecified atom stereocenters. The van der Waals surface area contributed by atoms with Crippen LogP contribution in [0.2, 0.25) is 0 Å². The van der Waals surface area contributed by atoms with Gasteiger partial charge in [0.2, 0.25) is 0 Å². The van der Waals surface area contributed by atoms with Crippen molar-refractivity contribution in [2.45, 2.75) is 43.4 Å². The van der Waals surface area contributed by atoms with Crippen LogP contribution in [0.25, 0.3) is 5.57 Å². The molecule has 1 aliphatic rings. The van der Waals surface area contributed by atoms with Crippen LogP contribution in [0.3, 0.4) is 0 Å². The van der Waals surface area contributed by atoms with E-state index in [9.17, 15) is 18.0 Å². The summed E-state index contributed by atoms with van der Waals surface area (Å²) in [5.41, 5.74) is 0.909. The topological polar surface area (TPSA) is 47.8 Å². The van der Waals surface area contributed by atoms with Crippen molar-refractivity contribution in [1.29, 1.82) is 0 Å². The van der Waals surface area contributed by atoms with Crippen LogP contribution in [0.4, 0.5) is 13.2 Å². The van der Waals surface area contributed by atoms with E-state index in [-0.39, 0.29) is 16.5 Å². The van der Waals surface area contributed by atoms with Gasteiger partial charge in [-0.2, -0.15) is 13.2 Å². The first-order chi connectivity index (χ1) is 9.88. The summed E-state index contributed by atoms with van der Waals surface area (Å²) >= 11 is 0.893. The highest BCUT2D eigenvalue weighted by molar-refractivity contribution is 7.99. The maximum absolute atomic E-state index is 12.2. The molecule has 0 saturated heterocycles. The highest BCUT2D eigenvalue weighted by Crippen LogP contribution is 2.26. The Morgan fingerprint density at radius 3 is 2.71 bits per heavy atom. The van der Waals surface area contributed by atoms with E-state index in [0.717, 1.165) is 43.0 Å². The monoisotopic (exact) mass is 319 g/mol. The number of aromatic nitrogens is 3. The lowest BCUT2D eigenvalue weighted by molar-refractivity contribution is -0.129. The fourth-order valence-corrected chi connectivity index (χ4v) is 2.98. The first-order valence-electron chi connectivity index (χ1n) is 6.71. The molecule has 1 aliphatic carbocycles. The minimum Gasteiger partial charge on any atom is -0.287 e. The van der Waals surface area contributed by atoms with Crippen LogP contribution in [0, 0.1) is 0 Å². The molecule has 1 aromatic rings. The third-order valence-electron chi connectivity index (χ3n) is 3.24. The normalized spacial score (nSPS) is 15.9. The van der Waals surface area contributed by atoms with E-state index < -0.39 is 12.6 Å². The molecule has 0 atom stereocenters. The molecule has 0 amide bonds. The highest BCUT2D eigenvalue weighted by atomic mass is 32.2. The van der Waals surface area contributed by atoms with Gasteiger partial charge >= 0.3 is 6.18 Å². The maximum atomic E-state index is 12.2. The Morgan fingerprint density at radius 1 is 1.33 bits per heavy atom. The number of alkyl halides is 3. The second kappa shape index (κ2) is 6.64. The van der Waals surface area contributed by atoms with Crippen molar-refractivity contribution < 1.29 is 13.2 Å². The minimum absolute atomic E-state index is 0.173. The van der Waals surface area contributed by atoms with Crippen molar-refractivity contribution in [2.75, 3.05) is 5.75 Å². The predicted octanol–water partition coefficient (Wildman–Crippen LogP) is 3.18. The van der Waals surface area contributed by atoms with Crippen LogP contribution in [0.15, 0.2) is 16.0 Å². The number of halogens is 3. The number of thioether (sulfide) groups is 1. The number of hydrogen-bond donors (Lipinski definition) is 0. The standard InChI is InChI=1S/C13H16F3N3OS/c1-19-11(20)10(9-5-3-2-4-6-9)17-18-12(19)21-8-7-13(14,15)16/h5H,2-4,6-8H2,1H3. The van der Waals surface area contributed by atoms with Crippen molar-refractivity contribution in [1.82, 2.24) is 14.8 Å². The zero-order valence-corrected chi connectivity index (χ0v) is 12.4. The van der Waals surface area contributed by atoms with E-state index in [0.29, 0.717) is 5.69 Å². The molecule has 116 valence electrons. The molecule has 0 aliphatic heterocycles. The minimum atomic E-state index is -4.20. The van der Waals surface area contributed by atoms with Gasteiger partial charge in [0.05, 0.1) is 6.42 Å². The van der Waals surface area contributed by atoms with Crippen molar-refractivity contribution >= 4 is 17.3 Å². The van der Waals surface area contributed by atoms with Gasteiger partial charge in [0.25, 0.3) is 5.56 Å². The van der Waals surface area contributed by atoms with Crippen LogP contribution >= 0.6 is 11.8 Å². The molecular weight excluding hydrogens is 303 g/mol. The van der Waals surface area contributed by atoms with E-state index >= 15 is 0 Å². The van der Waals surface area contributed by atoms with E-state index in [4.69, 9.17) is 0 Å². The Morgan fingerprint density at radius 2 is 2.10 bits per heavy atom. The number of nitrogens with zero attached hydrogens (tertiary/aromatic N) is 3. The molecule has 0 fully saturated rings. The summed E-state index contributed by atoms with van der Waals surface area (Å²) in [5, 5.41) is 8.04. The van der Waals surface area contributed by atoms with Gasteiger partial charge in [-0.25, -0.2) is 0 Å². The molecule has 0 saturated carbocycles. The lowest BCUT2D eigenvalue weighted by Crippen LogP contribution is -2.26. The van der Waals surface area contributed by atoms with Crippen molar-refractivity contribution in [3.05, 3.63) is 22.1 Å². The van der Waals surface area contributed by atoms with E-state index in [1.54, 1.807) is 0 Å². The summed E-state index contributed by atoms with van der Waals surface area (Å²) in [7, 11) is 1.51. The largest absolute Gasteiger partial charge is 0.389 e. The van der Waals surface area contributed by atoms with Crippen LogP contribution in [-0.2, 0) is 7.05 Å². The molecule has 1 aromatic heterocycles. The Labute approximate surface area is 124 Å². The summed E-state index contributed by atoms with van der Waals surface area (Å²) in [6.07, 6.45) is 0.700. The third kappa shape index (κ3) is 4.33. The molecular formula is C13H16F3N3OS. The molecule has 0 radical (unpaired) electrons. The van der Waals surface area contributed by atoms with E-state index in [2.05, 4.69) is 10.2 Å². The average Bonchev–Trinajstić information content (AvgIpc) is 2.43. The van der Waals surface area contributed by atoms with Crippen LogP contribution in [0.1, 0.15) is 37.8 Å². The van der Waals surface area contributed by atoms with Gasteiger partial charge in [-0.1, -0.05) is 17.8 Å². The lowest BCUT2D eigenvalue weighted by Gasteiger charge is -2.13. The van der Waals surface area contributed by atoms with Gasteiger partial charge in [0.15, 0.2) is 10.9 Å². The fourth-order valence-electron chi connectivity index (χ4n) is 2.09. The predicted molar refractivity (Wildman–Crippen MR) is 75.1 cm³/mol. The third-order valence-corrected chi connectivity index (χ3v) is 4.26. The van der Waals surface area contributed by atoms with E-state index in [1.807, 2.05) is 6.08 Å². The SMILES string of the molecule is Cn1c(SCCC(F)(F)F)nnc(C2=CCCCC2)c1=O. The number of allylic oxidation sites excluding steroid dienone is 2. The molecule has 21 heavy (non-hydrogen) atoms. The van der Waals surface area contributed by atoms with Gasteiger partial charge < -0.3 is 0 Å². The highest BCUT2D eigenvalue weighted by Gasteiger charge is 2.26. The van der Waals surface area contributed by atoms with E-state index in [1.165, 1.54) is 11.6 Å². The first-order valence-corrected chi connectivity index (χ1v) is 7.70. The van der Waals surface area contributed by atoms with Gasteiger partial charge in [-0.05, 0) is 31.3 Å². The molecule has 0 N–H and O–H groups in total. The quantitative estimate of drug-likeness (QED) is 0.800.